The van der Waals surface area contributed by atoms with E-state index < -0.39 is 0 Å². The molecule has 1 aromatic rings. The van der Waals surface area contributed by atoms with Gasteiger partial charge in [-0.1, -0.05) is 13.0 Å². The second-order valence-corrected chi connectivity index (χ2v) is 5.97. The minimum atomic E-state index is -0.358. The van der Waals surface area contributed by atoms with Crippen LogP contribution in [0.5, 0.6) is 0 Å². The van der Waals surface area contributed by atoms with Crippen molar-refractivity contribution in [3.8, 4) is 0 Å². The Bertz CT molecular complexity index is 462. The van der Waals surface area contributed by atoms with E-state index in [1.807, 2.05) is 25.1 Å². The molecule has 0 saturated heterocycles. The van der Waals surface area contributed by atoms with Crippen molar-refractivity contribution in [2.75, 3.05) is 12.4 Å². The van der Waals surface area contributed by atoms with Crippen LogP contribution in [0.3, 0.4) is 0 Å². The summed E-state index contributed by atoms with van der Waals surface area (Å²) in [6, 6.07) is 5.67. The van der Waals surface area contributed by atoms with E-state index in [2.05, 4.69) is 10.6 Å². The van der Waals surface area contributed by atoms with Gasteiger partial charge in [0.05, 0.1) is 6.10 Å². The Morgan fingerprint density at radius 2 is 2.17 bits per heavy atom. The van der Waals surface area contributed by atoms with Crippen LogP contribution in [0.15, 0.2) is 23.1 Å². The molecular weight excluding hydrogens is 248 g/mol. The van der Waals surface area contributed by atoms with Crippen molar-refractivity contribution >= 4 is 23.4 Å². The lowest BCUT2D eigenvalue weighted by Gasteiger charge is -2.14. The molecule has 98 valence electrons. The lowest BCUT2D eigenvalue weighted by molar-refractivity contribution is -0.117. The summed E-state index contributed by atoms with van der Waals surface area (Å²) < 4.78 is 0. The van der Waals surface area contributed by atoms with Crippen molar-refractivity contribution in [1.29, 1.82) is 0 Å². The number of likely N-dealkylation sites (N-methyl/N-ethyl adjacent to an activating group) is 1. The molecule has 3 N–H and O–H groups in total. The van der Waals surface area contributed by atoms with Gasteiger partial charge in [-0.25, -0.2) is 0 Å². The van der Waals surface area contributed by atoms with Crippen LogP contribution in [-0.4, -0.2) is 29.4 Å². The van der Waals surface area contributed by atoms with Crippen molar-refractivity contribution in [3.63, 3.8) is 0 Å². The minimum Gasteiger partial charge on any atom is -0.392 e. The summed E-state index contributed by atoms with van der Waals surface area (Å²) in [7, 11) is 1.78. The molecule has 2 rings (SSSR count). The number of aliphatic hydroxyl groups is 1. The average molecular weight is 266 g/mol. The van der Waals surface area contributed by atoms with E-state index in [9.17, 15) is 9.90 Å². The molecule has 0 radical (unpaired) electrons. The summed E-state index contributed by atoms with van der Waals surface area (Å²) in [4.78, 5) is 12.7. The molecule has 1 aliphatic rings. The zero-order valence-electron chi connectivity index (χ0n) is 10.7. The fraction of sp³-hybridized carbons (Fsp3) is 0.462. The highest BCUT2D eigenvalue weighted by Gasteiger charge is 2.29. The molecule has 0 saturated carbocycles. The fourth-order valence-corrected chi connectivity index (χ4v) is 2.87. The highest BCUT2D eigenvalue weighted by molar-refractivity contribution is 8.00. The van der Waals surface area contributed by atoms with E-state index in [0.717, 1.165) is 16.1 Å². The number of carbonyl (C=O) groups excluding carboxylic acids is 1. The molecule has 0 fully saturated rings. The summed E-state index contributed by atoms with van der Waals surface area (Å²) in [6.07, 6.45) is -0.358. The third-order valence-electron chi connectivity index (χ3n) is 3.15. The minimum absolute atomic E-state index is 0.0155. The average Bonchev–Trinajstić information content (AvgIpc) is 2.63. The first-order valence-corrected chi connectivity index (χ1v) is 6.87. The number of carbonyl (C=O) groups is 1. The molecule has 18 heavy (non-hydrogen) atoms. The molecular formula is C13H18N2O2S. The Morgan fingerprint density at radius 3 is 2.78 bits per heavy atom. The number of thioether (sulfide) groups is 1. The lowest BCUT2D eigenvalue weighted by Crippen LogP contribution is -2.23. The Kier molecular flexibility index (Phi) is 3.94. The zero-order valence-corrected chi connectivity index (χ0v) is 11.5. The fourth-order valence-electron chi connectivity index (χ4n) is 1.91. The van der Waals surface area contributed by atoms with Crippen LogP contribution in [0.4, 0.5) is 5.69 Å². The van der Waals surface area contributed by atoms with Crippen LogP contribution in [0.25, 0.3) is 0 Å². The molecule has 1 amide bonds. The number of anilines is 1. The Labute approximate surface area is 111 Å². The summed E-state index contributed by atoms with van der Waals surface area (Å²) in [5, 5.41) is 15.5. The molecule has 0 spiro atoms. The van der Waals surface area contributed by atoms with E-state index in [4.69, 9.17) is 0 Å². The predicted octanol–water partition coefficient (Wildman–Crippen LogP) is 1.76. The predicted molar refractivity (Wildman–Crippen MR) is 73.9 cm³/mol. The summed E-state index contributed by atoms with van der Waals surface area (Å²) >= 11 is 1.61. The first-order chi connectivity index (χ1) is 8.52. The van der Waals surface area contributed by atoms with Crippen molar-refractivity contribution in [3.05, 3.63) is 23.8 Å². The second kappa shape index (κ2) is 5.30. The summed E-state index contributed by atoms with van der Waals surface area (Å²) in [6.45, 7) is 3.77. The monoisotopic (exact) mass is 266 g/mol. The summed E-state index contributed by atoms with van der Waals surface area (Å²) in [5.41, 5.74) is 1.85. The number of rotatable bonds is 4. The van der Waals surface area contributed by atoms with E-state index in [1.54, 1.807) is 25.7 Å². The maximum Gasteiger partial charge on any atom is 0.246 e. The second-order valence-electron chi connectivity index (χ2n) is 4.52. The van der Waals surface area contributed by atoms with Gasteiger partial charge < -0.3 is 15.7 Å². The maximum atomic E-state index is 11.7. The third kappa shape index (κ3) is 2.53. The highest BCUT2D eigenvalue weighted by atomic mass is 32.2. The number of nitrogens with one attached hydrogen (secondary N) is 2. The topological polar surface area (TPSA) is 61.4 Å². The van der Waals surface area contributed by atoms with Crippen LogP contribution in [-0.2, 0) is 4.79 Å². The van der Waals surface area contributed by atoms with Crippen LogP contribution >= 0.6 is 11.8 Å². The molecule has 1 aromatic carbocycles. The maximum absolute atomic E-state index is 11.7. The Balaban J connectivity index is 2.20. The molecule has 1 heterocycles. The molecule has 0 aromatic heterocycles. The number of hydrogen-bond donors (Lipinski definition) is 3. The van der Waals surface area contributed by atoms with Crippen molar-refractivity contribution in [2.24, 2.45) is 0 Å². The largest absolute Gasteiger partial charge is 0.392 e. The Morgan fingerprint density at radius 1 is 1.44 bits per heavy atom. The lowest BCUT2D eigenvalue weighted by atomic mass is 10.1. The van der Waals surface area contributed by atoms with Crippen molar-refractivity contribution in [1.82, 2.24) is 5.32 Å². The van der Waals surface area contributed by atoms with E-state index >= 15 is 0 Å². The van der Waals surface area contributed by atoms with Gasteiger partial charge in [-0.05, 0) is 26.1 Å². The SMILES string of the molecule is CNC1C(=O)Nc2cc(SC(C)C(C)O)ccc21. The molecule has 0 aliphatic carbocycles. The van der Waals surface area contributed by atoms with Crippen LogP contribution < -0.4 is 10.6 Å². The van der Waals surface area contributed by atoms with Gasteiger partial charge >= 0.3 is 0 Å². The van der Waals surface area contributed by atoms with Crippen molar-refractivity contribution in [2.45, 2.75) is 36.1 Å². The van der Waals surface area contributed by atoms with E-state index in [-0.39, 0.29) is 23.3 Å². The van der Waals surface area contributed by atoms with Crippen LogP contribution in [0, 0.1) is 0 Å². The summed E-state index contributed by atoms with van der Waals surface area (Å²) in [5.74, 6) is -0.0155. The van der Waals surface area contributed by atoms with Crippen LogP contribution in [0.2, 0.25) is 0 Å². The number of hydrogen-bond acceptors (Lipinski definition) is 4. The molecule has 5 heteroatoms. The standard InChI is InChI=1S/C13H18N2O2S/c1-7(16)8(2)18-9-4-5-10-11(6-9)15-13(17)12(10)14-3/h4-8,12,14,16H,1-3H3,(H,15,17). The van der Waals surface area contributed by atoms with Gasteiger partial charge in [0.25, 0.3) is 0 Å². The number of amides is 1. The highest BCUT2D eigenvalue weighted by Crippen LogP contribution is 2.35. The molecule has 3 atom stereocenters. The van der Waals surface area contributed by atoms with Gasteiger partial charge in [-0.15, -0.1) is 11.8 Å². The van der Waals surface area contributed by atoms with Gasteiger partial charge in [0.15, 0.2) is 0 Å². The smallest absolute Gasteiger partial charge is 0.246 e. The van der Waals surface area contributed by atoms with Gasteiger partial charge in [0.1, 0.15) is 6.04 Å². The normalized spacial score (nSPS) is 21.3. The van der Waals surface area contributed by atoms with Gasteiger partial charge in [0, 0.05) is 21.4 Å². The molecule has 3 unspecified atom stereocenters. The third-order valence-corrected chi connectivity index (χ3v) is 4.44. The van der Waals surface area contributed by atoms with E-state index in [1.165, 1.54) is 0 Å². The van der Waals surface area contributed by atoms with Gasteiger partial charge in [0.2, 0.25) is 5.91 Å². The first-order valence-electron chi connectivity index (χ1n) is 5.99. The molecule has 4 nitrogen and oxygen atoms in total. The Hall–Kier alpha value is -1.04. The number of benzene rings is 1. The molecule has 1 aliphatic heterocycles. The first kappa shape index (κ1) is 13.4. The number of fused-ring (bicyclic) bond motifs is 1. The van der Waals surface area contributed by atoms with Gasteiger partial charge in [-0.2, -0.15) is 0 Å². The number of aliphatic hydroxyl groups excluding tert-OH is 1. The van der Waals surface area contributed by atoms with Gasteiger partial charge in [-0.3, -0.25) is 4.79 Å². The quantitative estimate of drug-likeness (QED) is 0.727. The van der Waals surface area contributed by atoms with Crippen LogP contribution in [0.1, 0.15) is 25.5 Å². The van der Waals surface area contributed by atoms with E-state index in [0.29, 0.717) is 0 Å². The molecule has 0 bridgehead atoms. The van der Waals surface area contributed by atoms with Crippen molar-refractivity contribution < 1.29 is 9.90 Å². The zero-order chi connectivity index (χ0) is 13.3.